The van der Waals surface area contributed by atoms with Crippen LogP contribution in [0.15, 0.2) is 55.3 Å². The van der Waals surface area contributed by atoms with E-state index in [0.29, 0.717) is 66.0 Å². The molecule has 0 saturated carbocycles. The maximum Gasteiger partial charge on any atom is 0.247 e. The Morgan fingerprint density at radius 1 is 1.18 bits per heavy atom. The number of rotatable bonds is 10. The molecular formula is C27H30ClN7O3. The van der Waals surface area contributed by atoms with Gasteiger partial charge >= 0.3 is 0 Å². The van der Waals surface area contributed by atoms with E-state index in [2.05, 4.69) is 32.5 Å². The number of methoxy groups -OCH3 is 1. The number of carbonyl (C=O) groups excluding carboxylic acids is 2. The van der Waals surface area contributed by atoms with E-state index < -0.39 is 0 Å². The number of nitrogens with zero attached hydrogens (tertiary/aromatic N) is 3. The predicted octanol–water partition coefficient (Wildman–Crippen LogP) is 4.77. The molecule has 11 heteroatoms. The Hall–Kier alpha value is -4.15. The predicted molar refractivity (Wildman–Crippen MR) is 151 cm³/mol. The van der Waals surface area contributed by atoms with Gasteiger partial charge in [-0.2, -0.15) is 4.98 Å². The van der Waals surface area contributed by atoms with Gasteiger partial charge in [0, 0.05) is 18.5 Å². The molecule has 4 rings (SSSR count). The second-order valence-corrected chi connectivity index (χ2v) is 8.97. The highest BCUT2D eigenvalue weighted by Crippen LogP contribution is 2.40. The van der Waals surface area contributed by atoms with Gasteiger partial charge in [0.15, 0.2) is 5.82 Å². The number of aromatic nitrogens is 2. The van der Waals surface area contributed by atoms with E-state index in [1.165, 1.54) is 12.3 Å². The summed E-state index contributed by atoms with van der Waals surface area (Å²) in [5, 5.41) is 9.42. The molecule has 0 atom stereocenters. The number of hydrogen-bond donors (Lipinski definition) is 4. The van der Waals surface area contributed by atoms with Gasteiger partial charge in [0.25, 0.3) is 0 Å². The van der Waals surface area contributed by atoms with Gasteiger partial charge in [0.2, 0.25) is 17.8 Å². The van der Waals surface area contributed by atoms with Gasteiger partial charge in [-0.05, 0) is 56.1 Å². The summed E-state index contributed by atoms with van der Waals surface area (Å²) in [6, 6.07) is 10.9. The van der Waals surface area contributed by atoms with E-state index in [-0.39, 0.29) is 17.8 Å². The number of anilines is 6. The SMILES string of the molecule is C=CC(=O)Nc1ccccc1Nc1nc(Nc2ccc3c(c2OC)CCCC(=O)N3CCCN)ncc1Cl. The van der Waals surface area contributed by atoms with Crippen LogP contribution in [0.4, 0.5) is 34.5 Å². The van der Waals surface area contributed by atoms with Crippen LogP contribution in [0.1, 0.15) is 24.8 Å². The monoisotopic (exact) mass is 535 g/mol. The summed E-state index contributed by atoms with van der Waals surface area (Å²) in [5.74, 6) is 1.000. The van der Waals surface area contributed by atoms with E-state index in [1.807, 2.05) is 18.2 Å². The quantitative estimate of drug-likeness (QED) is 0.273. The van der Waals surface area contributed by atoms with Crippen molar-refractivity contribution in [1.82, 2.24) is 9.97 Å². The summed E-state index contributed by atoms with van der Waals surface area (Å²) in [4.78, 5) is 35.2. The lowest BCUT2D eigenvalue weighted by atomic mass is 10.0. The molecular weight excluding hydrogens is 506 g/mol. The third-order valence-electron chi connectivity index (χ3n) is 6.05. The number of carbonyl (C=O) groups is 2. The van der Waals surface area contributed by atoms with E-state index >= 15 is 0 Å². The maximum atomic E-state index is 12.7. The average Bonchev–Trinajstić information content (AvgIpc) is 3.08. The van der Waals surface area contributed by atoms with Crippen molar-refractivity contribution >= 4 is 57.9 Å². The lowest BCUT2D eigenvalue weighted by molar-refractivity contribution is -0.118. The Morgan fingerprint density at radius 3 is 2.71 bits per heavy atom. The Balaban J connectivity index is 1.63. The van der Waals surface area contributed by atoms with Crippen LogP contribution in [0.3, 0.4) is 0 Å². The minimum Gasteiger partial charge on any atom is -0.494 e. The van der Waals surface area contributed by atoms with Crippen molar-refractivity contribution in [1.29, 1.82) is 0 Å². The van der Waals surface area contributed by atoms with Gasteiger partial charge in [-0.15, -0.1) is 0 Å². The summed E-state index contributed by atoms with van der Waals surface area (Å²) >= 11 is 6.39. The molecule has 0 spiro atoms. The molecule has 2 heterocycles. The van der Waals surface area contributed by atoms with Gasteiger partial charge < -0.3 is 31.3 Å². The molecule has 0 fully saturated rings. The summed E-state index contributed by atoms with van der Waals surface area (Å²) in [7, 11) is 1.60. The number of benzene rings is 2. The zero-order valence-electron chi connectivity index (χ0n) is 21.1. The van der Waals surface area contributed by atoms with E-state index in [4.69, 9.17) is 22.1 Å². The van der Waals surface area contributed by atoms with Gasteiger partial charge in [-0.3, -0.25) is 9.59 Å². The van der Waals surface area contributed by atoms with E-state index in [0.717, 1.165) is 17.7 Å². The van der Waals surface area contributed by atoms with Crippen molar-refractivity contribution < 1.29 is 14.3 Å². The first-order valence-corrected chi connectivity index (χ1v) is 12.6. The molecule has 0 aliphatic carbocycles. The second kappa shape index (κ2) is 12.4. The Bertz CT molecular complexity index is 1350. The molecule has 38 heavy (non-hydrogen) atoms. The number of para-hydroxylation sites is 2. The number of nitrogens with one attached hydrogen (secondary N) is 3. The van der Waals surface area contributed by atoms with Crippen LogP contribution in [-0.2, 0) is 16.0 Å². The zero-order chi connectivity index (χ0) is 27.1. The normalized spacial score (nSPS) is 12.8. The molecule has 0 unspecified atom stereocenters. The van der Waals surface area contributed by atoms with Gasteiger partial charge in [0.05, 0.1) is 36.1 Å². The molecule has 1 aliphatic rings. The highest BCUT2D eigenvalue weighted by Gasteiger charge is 2.26. The van der Waals surface area contributed by atoms with Crippen LogP contribution in [0.25, 0.3) is 0 Å². The molecule has 2 amide bonds. The number of hydrogen-bond acceptors (Lipinski definition) is 8. The summed E-state index contributed by atoms with van der Waals surface area (Å²) in [6.45, 7) is 4.55. The molecule has 3 aromatic rings. The van der Waals surface area contributed by atoms with Crippen LogP contribution < -0.4 is 31.3 Å². The van der Waals surface area contributed by atoms with E-state index in [9.17, 15) is 9.59 Å². The van der Waals surface area contributed by atoms with E-state index in [1.54, 1.807) is 30.2 Å². The number of amides is 2. The fraction of sp³-hybridized carbons (Fsp3) is 0.259. The van der Waals surface area contributed by atoms with Crippen molar-refractivity contribution in [2.24, 2.45) is 5.73 Å². The van der Waals surface area contributed by atoms with Crippen molar-refractivity contribution in [2.75, 3.05) is 41.0 Å². The first-order valence-electron chi connectivity index (χ1n) is 12.2. The van der Waals surface area contributed by atoms with Crippen LogP contribution in [0.5, 0.6) is 5.75 Å². The molecule has 0 bridgehead atoms. The number of nitrogens with two attached hydrogens (primary N) is 1. The van der Waals surface area contributed by atoms with Crippen molar-refractivity contribution in [2.45, 2.75) is 25.7 Å². The summed E-state index contributed by atoms with van der Waals surface area (Å²) < 4.78 is 5.80. The third kappa shape index (κ3) is 6.04. The smallest absolute Gasteiger partial charge is 0.247 e. The standard InChI is InChI=1S/C27H30ClN7O3/c1-3-23(36)31-19-9-4-5-10-20(19)32-26-18(28)16-30-27(34-26)33-21-12-13-22-17(25(21)38-2)8-6-11-24(37)35(22)15-7-14-29/h3-5,9-10,12-13,16H,1,6-8,11,14-15,29H2,2H3,(H,31,36)(H2,30,32,33,34). The molecule has 5 N–H and O–H groups in total. The van der Waals surface area contributed by atoms with Crippen molar-refractivity contribution in [3.8, 4) is 5.75 Å². The van der Waals surface area contributed by atoms with Crippen LogP contribution in [0.2, 0.25) is 5.02 Å². The van der Waals surface area contributed by atoms with Gasteiger partial charge in [0.1, 0.15) is 10.8 Å². The fourth-order valence-electron chi connectivity index (χ4n) is 4.27. The zero-order valence-corrected chi connectivity index (χ0v) is 21.8. The first-order chi connectivity index (χ1) is 18.4. The molecule has 0 radical (unpaired) electrons. The van der Waals surface area contributed by atoms with Gasteiger partial charge in [-0.25, -0.2) is 4.98 Å². The third-order valence-corrected chi connectivity index (χ3v) is 6.33. The first kappa shape index (κ1) is 26.9. The maximum absolute atomic E-state index is 12.7. The van der Waals surface area contributed by atoms with Crippen LogP contribution in [-0.4, -0.2) is 42.0 Å². The number of fused-ring (bicyclic) bond motifs is 1. The molecule has 2 aromatic carbocycles. The summed E-state index contributed by atoms with van der Waals surface area (Å²) in [6.07, 6.45) is 5.26. The van der Waals surface area contributed by atoms with Crippen molar-refractivity contribution in [3.05, 3.63) is 65.8 Å². The van der Waals surface area contributed by atoms with Gasteiger partial charge in [-0.1, -0.05) is 30.3 Å². The Morgan fingerprint density at radius 2 is 1.97 bits per heavy atom. The molecule has 198 valence electrons. The van der Waals surface area contributed by atoms with Crippen molar-refractivity contribution in [3.63, 3.8) is 0 Å². The Labute approximate surface area is 226 Å². The highest BCUT2D eigenvalue weighted by molar-refractivity contribution is 6.33. The minimum atomic E-state index is -0.339. The average molecular weight is 536 g/mol. The Kier molecular flexibility index (Phi) is 8.77. The lowest BCUT2D eigenvalue weighted by Crippen LogP contribution is -2.32. The molecule has 10 nitrogen and oxygen atoms in total. The largest absolute Gasteiger partial charge is 0.494 e. The van der Waals surface area contributed by atoms with Crippen LogP contribution in [0, 0.1) is 0 Å². The lowest BCUT2D eigenvalue weighted by Gasteiger charge is -2.25. The van der Waals surface area contributed by atoms with Crippen LogP contribution >= 0.6 is 11.6 Å². The molecule has 1 aliphatic heterocycles. The highest BCUT2D eigenvalue weighted by atomic mass is 35.5. The number of ether oxygens (including phenoxy) is 1. The molecule has 1 aromatic heterocycles. The number of halogens is 1. The fourth-order valence-corrected chi connectivity index (χ4v) is 4.41. The second-order valence-electron chi connectivity index (χ2n) is 8.56. The molecule has 0 saturated heterocycles. The topological polar surface area (TPSA) is 134 Å². The summed E-state index contributed by atoms with van der Waals surface area (Å²) in [5.41, 5.74) is 9.28. The minimum absolute atomic E-state index is 0.0845.